The normalized spacial score (nSPS) is 26.4. The van der Waals surface area contributed by atoms with Gasteiger partial charge in [0, 0.05) is 18.6 Å². The summed E-state index contributed by atoms with van der Waals surface area (Å²) in [6, 6.07) is 0.125. The predicted octanol–water partition coefficient (Wildman–Crippen LogP) is 0.822. The highest BCUT2D eigenvalue weighted by Gasteiger charge is 2.21. The zero-order valence-electron chi connectivity index (χ0n) is 7.87. The van der Waals surface area contributed by atoms with Crippen LogP contribution < -0.4 is 0 Å². The molecule has 0 radical (unpaired) electrons. The van der Waals surface area contributed by atoms with Gasteiger partial charge in [-0.15, -0.1) is 0 Å². The fraction of sp³-hybridized carbons (Fsp3) is 0.778. The third-order valence-corrected chi connectivity index (χ3v) is 2.57. The standard InChI is InChI=1S/C9H16ClNO2/c1-8(4-10)5-11-2-3-13-7-9(11)6-12/h4,9,12H,2-3,5-7H2,1H3/b8-4-. The van der Waals surface area contributed by atoms with Crippen LogP contribution >= 0.6 is 11.6 Å². The van der Waals surface area contributed by atoms with Crippen LogP contribution in [0.25, 0.3) is 0 Å². The molecule has 0 aliphatic carbocycles. The fourth-order valence-corrected chi connectivity index (χ4v) is 1.49. The molecule has 1 N–H and O–H groups in total. The molecule has 0 spiro atoms. The SMILES string of the molecule is C/C(=C/Cl)CN1CCOCC1CO. The maximum Gasteiger partial charge on any atom is 0.0644 e. The molecule has 1 aliphatic heterocycles. The molecule has 1 rings (SSSR count). The van der Waals surface area contributed by atoms with E-state index < -0.39 is 0 Å². The second kappa shape index (κ2) is 5.60. The van der Waals surface area contributed by atoms with Crippen LogP contribution in [0.3, 0.4) is 0 Å². The summed E-state index contributed by atoms with van der Waals surface area (Å²) in [7, 11) is 0. The van der Waals surface area contributed by atoms with Crippen molar-refractivity contribution in [2.75, 3.05) is 32.9 Å². The number of hydrogen-bond acceptors (Lipinski definition) is 3. The van der Waals surface area contributed by atoms with Gasteiger partial charge in [-0.3, -0.25) is 4.90 Å². The lowest BCUT2D eigenvalue weighted by molar-refractivity contribution is -0.0230. The van der Waals surface area contributed by atoms with Crippen molar-refractivity contribution in [2.45, 2.75) is 13.0 Å². The van der Waals surface area contributed by atoms with Crippen molar-refractivity contribution in [1.29, 1.82) is 0 Å². The Kier molecular flexibility index (Phi) is 4.73. The van der Waals surface area contributed by atoms with E-state index in [2.05, 4.69) is 4.90 Å². The van der Waals surface area contributed by atoms with Crippen LogP contribution in [0.1, 0.15) is 6.92 Å². The number of nitrogens with zero attached hydrogens (tertiary/aromatic N) is 1. The van der Waals surface area contributed by atoms with Gasteiger partial charge in [0.05, 0.1) is 25.9 Å². The average molecular weight is 206 g/mol. The minimum atomic E-state index is 0.125. The maximum atomic E-state index is 9.07. The van der Waals surface area contributed by atoms with E-state index >= 15 is 0 Å². The molecule has 1 unspecified atom stereocenters. The molecule has 0 bridgehead atoms. The van der Waals surface area contributed by atoms with Gasteiger partial charge in [0.15, 0.2) is 0 Å². The van der Waals surface area contributed by atoms with E-state index in [0.29, 0.717) is 6.61 Å². The lowest BCUT2D eigenvalue weighted by Gasteiger charge is -2.34. The summed E-state index contributed by atoms with van der Waals surface area (Å²) in [6.45, 7) is 5.18. The first kappa shape index (κ1) is 11.0. The summed E-state index contributed by atoms with van der Waals surface area (Å²) in [6.07, 6.45) is 0. The van der Waals surface area contributed by atoms with Crippen LogP contribution in [0.5, 0.6) is 0 Å². The molecule has 0 saturated carbocycles. The second-order valence-electron chi connectivity index (χ2n) is 3.34. The van der Waals surface area contributed by atoms with Crippen molar-refractivity contribution in [1.82, 2.24) is 4.90 Å². The number of aliphatic hydroxyl groups excluding tert-OH is 1. The molecule has 0 amide bonds. The van der Waals surface area contributed by atoms with Crippen molar-refractivity contribution in [3.63, 3.8) is 0 Å². The smallest absolute Gasteiger partial charge is 0.0644 e. The minimum absolute atomic E-state index is 0.125. The molecule has 1 fully saturated rings. The minimum Gasteiger partial charge on any atom is -0.395 e. The number of hydrogen-bond donors (Lipinski definition) is 1. The quantitative estimate of drug-likeness (QED) is 0.741. The Bertz CT molecular complexity index is 184. The molecule has 0 aromatic carbocycles. The van der Waals surface area contributed by atoms with Crippen molar-refractivity contribution in [3.8, 4) is 0 Å². The van der Waals surface area contributed by atoms with E-state index in [-0.39, 0.29) is 12.6 Å². The van der Waals surface area contributed by atoms with Crippen LogP contribution in [-0.2, 0) is 4.74 Å². The van der Waals surface area contributed by atoms with Crippen molar-refractivity contribution in [3.05, 3.63) is 11.1 Å². The van der Waals surface area contributed by atoms with E-state index in [1.54, 1.807) is 5.54 Å². The summed E-state index contributed by atoms with van der Waals surface area (Å²) in [5, 5.41) is 9.07. The number of halogens is 1. The first-order valence-corrected chi connectivity index (χ1v) is 4.90. The highest BCUT2D eigenvalue weighted by molar-refractivity contribution is 6.25. The number of morpholine rings is 1. The van der Waals surface area contributed by atoms with E-state index in [0.717, 1.165) is 25.3 Å². The van der Waals surface area contributed by atoms with Crippen LogP contribution in [0.2, 0.25) is 0 Å². The summed E-state index contributed by atoms with van der Waals surface area (Å²) >= 11 is 5.58. The van der Waals surface area contributed by atoms with E-state index in [4.69, 9.17) is 21.4 Å². The van der Waals surface area contributed by atoms with Gasteiger partial charge < -0.3 is 9.84 Å². The first-order valence-electron chi connectivity index (χ1n) is 4.46. The number of rotatable bonds is 3. The Hall–Kier alpha value is -0.0900. The predicted molar refractivity (Wildman–Crippen MR) is 52.9 cm³/mol. The lowest BCUT2D eigenvalue weighted by Crippen LogP contribution is -2.47. The van der Waals surface area contributed by atoms with E-state index in [9.17, 15) is 0 Å². The molecule has 1 aliphatic rings. The molecule has 1 atom stereocenters. The van der Waals surface area contributed by atoms with Gasteiger partial charge in [0.1, 0.15) is 0 Å². The monoisotopic (exact) mass is 205 g/mol. The van der Waals surface area contributed by atoms with Crippen molar-refractivity contribution >= 4 is 11.6 Å². The molecule has 1 saturated heterocycles. The molecule has 3 nitrogen and oxygen atoms in total. The molecule has 0 aromatic heterocycles. The number of ether oxygens (including phenoxy) is 1. The van der Waals surface area contributed by atoms with Crippen LogP contribution in [0.15, 0.2) is 11.1 Å². The topological polar surface area (TPSA) is 32.7 Å². The third kappa shape index (κ3) is 3.27. The second-order valence-corrected chi connectivity index (χ2v) is 3.56. The van der Waals surface area contributed by atoms with E-state index in [1.165, 1.54) is 0 Å². The van der Waals surface area contributed by atoms with Gasteiger partial charge in [0.2, 0.25) is 0 Å². The van der Waals surface area contributed by atoms with Gasteiger partial charge in [-0.2, -0.15) is 0 Å². The van der Waals surface area contributed by atoms with Crippen molar-refractivity contribution in [2.24, 2.45) is 0 Å². The van der Waals surface area contributed by atoms with Crippen LogP contribution in [-0.4, -0.2) is 49.0 Å². The largest absolute Gasteiger partial charge is 0.395 e. The van der Waals surface area contributed by atoms with Gasteiger partial charge in [0.25, 0.3) is 0 Å². The lowest BCUT2D eigenvalue weighted by atomic mass is 10.2. The number of aliphatic hydroxyl groups is 1. The third-order valence-electron chi connectivity index (χ3n) is 2.20. The summed E-state index contributed by atoms with van der Waals surface area (Å²) in [4.78, 5) is 2.19. The van der Waals surface area contributed by atoms with Gasteiger partial charge in [-0.25, -0.2) is 0 Å². The zero-order chi connectivity index (χ0) is 9.68. The fourth-order valence-electron chi connectivity index (χ4n) is 1.42. The van der Waals surface area contributed by atoms with E-state index in [1.807, 2.05) is 6.92 Å². The molecule has 0 aromatic rings. The van der Waals surface area contributed by atoms with Gasteiger partial charge in [-0.05, 0) is 12.5 Å². The molecule has 76 valence electrons. The molecule has 1 heterocycles. The first-order chi connectivity index (χ1) is 6.27. The highest BCUT2D eigenvalue weighted by atomic mass is 35.5. The zero-order valence-corrected chi connectivity index (χ0v) is 8.63. The van der Waals surface area contributed by atoms with Crippen molar-refractivity contribution < 1.29 is 9.84 Å². The maximum absolute atomic E-state index is 9.07. The Morgan fingerprint density at radius 2 is 2.54 bits per heavy atom. The molecular weight excluding hydrogens is 190 g/mol. The highest BCUT2D eigenvalue weighted by Crippen LogP contribution is 2.09. The Morgan fingerprint density at radius 3 is 3.15 bits per heavy atom. The summed E-state index contributed by atoms with van der Waals surface area (Å²) < 4.78 is 5.26. The summed E-state index contributed by atoms with van der Waals surface area (Å²) in [5.74, 6) is 0. The Balaban J connectivity index is 2.45. The van der Waals surface area contributed by atoms with Crippen LogP contribution in [0, 0.1) is 0 Å². The molecule has 4 heteroatoms. The van der Waals surface area contributed by atoms with Crippen LogP contribution in [0.4, 0.5) is 0 Å². The Labute approximate surface area is 83.9 Å². The average Bonchev–Trinajstić information content (AvgIpc) is 2.18. The molecule has 13 heavy (non-hydrogen) atoms. The summed E-state index contributed by atoms with van der Waals surface area (Å²) in [5.41, 5.74) is 2.70. The molecular formula is C9H16ClNO2. The van der Waals surface area contributed by atoms with Gasteiger partial charge in [-0.1, -0.05) is 11.6 Å². The Morgan fingerprint density at radius 1 is 1.77 bits per heavy atom. The van der Waals surface area contributed by atoms with Gasteiger partial charge >= 0.3 is 0 Å².